The first kappa shape index (κ1) is 9.77. The number of nitrogens with zero attached hydrogens (tertiary/aromatic N) is 1. The van der Waals surface area contributed by atoms with Gasteiger partial charge in [-0.15, -0.1) is 0 Å². The maximum Gasteiger partial charge on any atom is 0.410 e. The zero-order valence-corrected chi connectivity index (χ0v) is 8.57. The van der Waals surface area contributed by atoms with E-state index in [0.29, 0.717) is 19.1 Å². The first-order valence-electron chi connectivity index (χ1n) is 5.29. The van der Waals surface area contributed by atoms with Crippen molar-refractivity contribution in [2.45, 2.75) is 25.9 Å². The van der Waals surface area contributed by atoms with Crippen molar-refractivity contribution in [2.75, 3.05) is 26.3 Å². The fraction of sp³-hybridized carbons (Fsp3) is 0.900. The second kappa shape index (κ2) is 4.17. The van der Waals surface area contributed by atoms with Crippen LogP contribution >= 0.6 is 0 Å². The second-order valence-corrected chi connectivity index (χ2v) is 4.21. The fourth-order valence-electron chi connectivity index (χ4n) is 1.92. The minimum absolute atomic E-state index is 0.0154. The van der Waals surface area contributed by atoms with Crippen LogP contribution in [0.25, 0.3) is 0 Å². The van der Waals surface area contributed by atoms with Gasteiger partial charge in [-0.05, 0) is 12.3 Å². The third-order valence-electron chi connectivity index (χ3n) is 2.84. The van der Waals surface area contributed by atoms with E-state index in [1.165, 1.54) is 0 Å². The molecule has 2 rings (SSSR count). The van der Waals surface area contributed by atoms with Gasteiger partial charge in [0, 0.05) is 19.5 Å². The van der Waals surface area contributed by atoms with E-state index in [1.807, 2.05) is 0 Å². The molecule has 1 amide bonds. The van der Waals surface area contributed by atoms with Gasteiger partial charge in [0.25, 0.3) is 0 Å². The van der Waals surface area contributed by atoms with Gasteiger partial charge in [0.05, 0.1) is 13.2 Å². The lowest BCUT2D eigenvalue weighted by Gasteiger charge is -2.18. The Labute approximate surface area is 84.2 Å². The molecule has 14 heavy (non-hydrogen) atoms. The zero-order chi connectivity index (χ0) is 9.97. The highest BCUT2D eigenvalue weighted by molar-refractivity contribution is 5.68. The summed E-state index contributed by atoms with van der Waals surface area (Å²) in [6, 6.07) is 0. The van der Waals surface area contributed by atoms with Gasteiger partial charge >= 0.3 is 6.09 Å². The Morgan fingerprint density at radius 3 is 2.93 bits per heavy atom. The van der Waals surface area contributed by atoms with Gasteiger partial charge in [-0.25, -0.2) is 4.79 Å². The van der Waals surface area contributed by atoms with E-state index in [-0.39, 0.29) is 12.2 Å². The lowest BCUT2D eigenvalue weighted by Crippen LogP contribution is -2.32. The van der Waals surface area contributed by atoms with Crippen molar-refractivity contribution < 1.29 is 14.3 Å². The van der Waals surface area contributed by atoms with Gasteiger partial charge in [-0.2, -0.15) is 0 Å². The molecule has 0 aromatic heterocycles. The average Bonchev–Trinajstić information content (AvgIpc) is 2.75. The zero-order valence-electron chi connectivity index (χ0n) is 8.57. The minimum atomic E-state index is -0.162. The third-order valence-corrected chi connectivity index (χ3v) is 2.84. The Balaban J connectivity index is 1.77. The van der Waals surface area contributed by atoms with Crippen LogP contribution in [0.2, 0.25) is 0 Å². The van der Waals surface area contributed by atoms with Crippen molar-refractivity contribution in [2.24, 2.45) is 5.92 Å². The van der Waals surface area contributed by atoms with E-state index < -0.39 is 0 Å². The summed E-state index contributed by atoms with van der Waals surface area (Å²) in [5.41, 5.74) is 0. The SMILES string of the molecule is CC1CCN(C(=O)OC2CCOC2)C1. The summed E-state index contributed by atoms with van der Waals surface area (Å²) in [7, 11) is 0. The van der Waals surface area contributed by atoms with E-state index in [2.05, 4.69) is 6.92 Å². The Morgan fingerprint density at radius 1 is 1.50 bits per heavy atom. The predicted molar refractivity (Wildman–Crippen MR) is 51.1 cm³/mol. The topological polar surface area (TPSA) is 38.8 Å². The second-order valence-electron chi connectivity index (χ2n) is 4.21. The van der Waals surface area contributed by atoms with Crippen LogP contribution in [-0.4, -0.2) is 43.4 Å². The molecule has 0 N–H and O–H groups in total. The molecule has 2 aliphatic rings. The van der Waals surface area contributed by atoms with Crippen LogP contribution in [-0.2, 0) is 9.47 Å². The smallest absolute Gasteiger partial charge is 0.410 e. The van der Waals surface area contributed by atoms with Crippen molar-refractivity contribution in [1.29, 1.82) is 0 Å². The molecule has 2 heterocycles. The lowest BCUT2D eigenvalue weighted by atomic mass is 10.2. The first-order chi connectivity index (χ1) is 6.75. The summed E-state index contributed by atoms with van der Waals surface area (Å²) in [5.74, 6) is 0.613. The number of amides is 1. The van der Waals surface area contributed by atoms with Crippen LogP contribution in [0.1, 0.15) is 19.8 Å². The van der Waals surface area contributed by atoms with Crippen molar-refractivity contribution >= 4 is 6.09 Å². The van der Waals surface area contributed by atoms with E-state index in [4.69, 9.17) is 9.47 Å². The Morgan fingerprint density at radius 2 is 2.36 bits per heavy atom. The Hall–Kier alpha value is -0.770. The van der Waals surface area contributed by atoms with Crippen LogP contribution in [0.5, 0.6) is 0 Å². The molecule has 4 heteroatoms. The average molecular weight is 199 g/mol. The van der Waals surface area contributed by atoms with Crippen LogP contribution in [0, 0.1) is 5.92 Å². The summed E-state index contributed by atoms with van der Waals surface area (Å²) < 4.78 is 10.5. The monoisotopic (exact) mass is 199 g/mol. The number of rotatable bonds is 1. The summed E-state index contributed by atoms with van der Waals surface area (Å²) in [6.45, 7) is 5.12. The number of likely N-dealkylation sites (tertiary alicyclic amines) is 1. The summed E-state index contributed by atoms with van der Waals surface area (Å²) in [6.07, 6.45) is 1.76. The van der Waals surface area contributed by atoms with Crippen LogP contribution in [0.4, 0.5) is 4.79 Å². The highest BCUT2D eigenvalue weighted by Crippen LogP contribution is 2.17. The number of hydrogen-bond donors (Lipinski definition) is 0. The molecular formula is C10H17NO3. The van der Waals surface area contributed by atoms with Crippen molar-refractivity contribution in [1.82, 2.24) is 4.90 Å². The fourth-order valence-corrected chi connectivity index (χ4v) is 1.92. The van der Waals surface area contributed by atoms with E-state index >= 15 is 0 Å². The molecule has 4 nitrogen and oxygen atoms in total. The molecular weight excluding hydrogens is 182 g/mol. The van der Waals surface area contributed by atoms with Crippen LogP contribution in [0.15, 0.2) is 0 Å². The molecule has 0 saturated carbocycles. The summed E-state index contributed by atoms with van der Waals surface area (Å²) >= 11 is 0. The van der Waals surface area contributed by atoms with Gasteiger partial charge in [0.2, 0.25) is 0 Å². The molecule has 0 aromatic rings. The van der Waals surface area contributed by atoms with Gasteiger partial charge in [-0.3, -0.25) is 0 Å². The quantitative estimate of drug-likeness (QED) is 0.638. The molecule has 0 bridgehead atoms. The maximum atomic E-state index is 11.6. The van der Waals surface area contributed by atoms with Crippen molar-refractivity contribution in [3.63, 3.8) is 0 Å². The number of ether oxygens (including phenoxy) is 2. The van der Waals surface area contributed by atoms with Gasteiger partial charge < -0.3 is 14.4 Å². The largest absolute Gasteiger partial charge is 0.444 e. The Kier molecular flexibility index (Phi) is 2.91. The van der Waals surface area contributed by atoms with Crippen LogP contribution < -0.4 is 0 Å². The molecule has 2 fully saturated rings. The third kappa shape index (κ3) is 2.18. The van der Waals surface area contributed by atoms with E-state index in [1.54, 1.807) is 4.90 Å². The summed E-state index contributed by atoms with van der Waals surface area (Å²) in [4.78, 5) is 13.4. The number of hydrogen-bond acceptors (Lipinski definition) is 3. The standard InChI is InChI=1S/C10H17NO3/c1-8-2-4-11(6-8)10(12)14-9-3-5-13-7-9/h8-9H,2-7H2,1H3. The molecule has 2 saturated heterocycles. The molecule has 0 radical (unpaired) electrons. The molecule has 2 aliphatic heterocycles. The molecule has 0 spiro atoms. The summed E-state index contributed by atoms with van der Waals surface area (Å²) in [5, 5.41) is 0. The molecule has 0 aromatic carbocycles. The minimum Gasteiger partial charge on any atom is -0.444 e. The van der Waals surface area contributed by atoms with Crippen molar-refractivity contribution in [3.05, 3.63) is 0 Å². The number of carbonyl (C=O) groups excluding carboxylic acids is 1. The van der Waals surface area contributed by atoms with Crippen LogP contribution in [0.3, 0.4) is 0 Å². The molecule has 80 valence electrons. The molecule has 2 atom stereocenters. The van der Waals surface area contributed by atoms with Gasteiger partial charge in [0.15, 0.2) is 0 Å². The highest BCUT2D eigenvalue weighted by Gasteiger charge is 2.27. The Bertz CT molecular complexity index is 213. The van der Waals surface area contributed by atoms with Gasteiger partial charge in [0.1, 0.15) is 6.10 Å². The van der Waals surface area contributed by atoms with Crippen molar-refractivity contribution in [3.8, 4) is 0 Å². The van der Waals surface area contributed by atoms with E-state index in [9.17, 15) is 4.79 Å². The first-order valence-corrected chi connectivity index (χ1v) is 5.29. The maximum absolute atomic E-state index is 11.6. The van der Waals surface area contributed by atoms with E-state index in [0.717, 1.165) is 25.9 Å². The predicted octanol–water partition coefficient (Wildman–Crippen LogP) is 1.25. The number of carbonyl (C=O) groups is 1. The molecule has 0 aliphatic carbocycles. The highest BCUT2D eigenvalue weighted by atomic mass is 16.6. The normalized spacial score (nSPS) is 32.2. The van der Waals surface area contributed by atoms with Gasteiger partial charge in [-0.1, -0.05) is 6.92 Å². The lowest BCUT2D eigenvalue weighted by molar-refractivity contribution is 0.0590. The molecule has 2 unspecified atom stereocenters.